The Morgan fingerprint density at radius 3 is 2.67 bits per heavy atom. The zero-order chi connectivity index (χ0) is 15.5. The molecule has 2 unspecified atom stereocenters. The maximum Gasteiger partial charge on any atom is 0.214 e. The molecular weight excluding hydrogens is 304 g/mol. The van der Waals surface area contributed by atoms with E-state index >= 15 is 0 Å². The molecule has 0 radical (unpaired) electrons. The molecule has 1 aromatic carbocycles. The van der Waals surface area contributed by atoms with Crippen LogP contribution in [-0.4, -0.2) is 37.3 Å². The number of para-hydroxylation sites is 1. The van der Waals surface area contributed by atoms with Gasteiger partial charge in [0.15, 0.2) is 0 Å². The Labute approximate surface area is 132 Å². The molecule has 0 amide bonds. The lowest BCUT2D eigenvalue weighted by molar-refractivity contribution is 0.213. The van der Waals surface area contributed by atoms with Crippen LogP contribution >= 0.6 is 11.8 Å². The summed E-state index contributed by atoms with van der Waals surface area (Å²) in [4.78, 5) is 0.952. The van der Waals surface area contributed by atoms with E-state index in [1.165, 1.54) is 11.8 Å². The van der Waals surface area contributed by atoms with Crippen molar-refractivity contribution in [2.45, 2.75) is 25.2 Å². The lowest BCUT2D eigenvalue weighted by Crippen LogP contribution is -2.43. The third kappa shape index (κ3) is 4.37. The van der Waals surface area contributed by atoms with Crippen LogP contribution in [-0.2, 0) is 10.0 Å². The van der Waals surface area contributed by atoms with Crippen LogP contribution in [0.3, 0.4) is 0 Å². The van der Waals surface area contributed by atoms with Crippen molar-refractivity contribution in [1.82, 2.24) is 4.31 Å². The Balaban J connectivity index is 1.89. The summed E-state index contributed by atoms with van der Waals surface area (Å²) in [7, 11) is -3.15. The van der Waals surface area contributed by atoms with Crippen LogP contribution < -0.4 is 5.73 Å². The first kappa shape index (κ1) is 16.6. The van der Waals surface area contributed by atoms with Crippen molar-refractivity contribution in [2.75, 3.05) is 30.3 Å². The molecule has 1 saturated heterocycles. The molecule has 21 heavy (non-hydrogen) atoms. The number of hydrogen-bond acceptors (Lipinski definition) is 4. The van der Waals surface area contributed by atoms with Gasteiger partial charge < -0.3 is 5.73 Å². The Bertz CT molecular complexity index is 575. The fourth-order valence-electron chi connectivity index (χ4n) is 2.48. The van der Waals surface area contributed by atoms with E-state index in [1.54, 1.807) is 4.31 Å². The van der Waals surface area contributed by atoms with Crippen molar-refractivity contribution in [3.05, 3.63) is 24.3 Å². The van der Waals surface area contributed by atoms with Gasteiger partial charge in [-0.3, -0.25) is 0 Å². The normalized spacial score (nSPS) is 24.1. The van der Waals surface area contributed by atoms with E-state index in [1.807, 2.05) is 24.3 Å². The number of anilines is 1. The third-order valence-corrected chi connectivity index (χ3v) is 7.40. The van der Waals surface area contributed by atoms with E-state index in [0.29, 0.717) is 36.4 Å². The van der Waals surface area contributed by atoms with Crippen LogP contribution in [0, 0.1) is 11.8 Å². The highest BCUT2D eigenvalue weighted by molar-refractivity contribution is 8.00. The van der Waals surface area contributed by atoms with Crippen molar-refractivity contribution in [3.8, 4) is 0 Å². The number of rotatable bonds is 5. The summed E-state index contributed by atoms with van der Waals surface area (Å²) >= 11 is 1.51. The van der Waals surface area contributed by atoms with Crippen LogP contribution in [0.25, 0.3) is 0 Å². The van der Waals surface area contributed by atoms with E-state index in [2.05, 4.69) is 13.8 Å². The molecule has 118 valence electrons. The summed E-state index contributed by atoms with van der Waals surface area (Å²) in [5.74, 6) is 1.75. The zero-order valence-electron chi connectivity index (χ0n) is 12.7. The van der Waals surface area contributed by atoms with Crippen molar-refractivity contribution < 1.29 is 8.42 Å². The van der Waals surface area contributed by atoms with Gasteiger partial charge in [-0.15, -0.1) is 11.8 Å². The topological polar surface area (TPSA) is 63.4 Å². The SMILES string of the molecule is CC1CCN(S(=O)(=O)CCSc2ccccc2N)CC1C. The molecule has 4 nitrogen and oxygen atoms in total. The maximum absolute atomic E-state index is 12.4. The summed E-state index contributed by atoms with van der Waals surface area (Å²) in [6.07, 6.45) is 0.958. The van der Waals surface area contributed by atoms with Crippen LogP contribution in [0.2, 0.25) is 0 Å². The van der Waals surface area contributed by atoms with Gasteiger partial charge in [-0.2, -0.15) is 0 Å². The zero-order valence-corrected chi connectivity index (χ0v) is 14.3. The van der Waals surface area contributed by atoms with Gasteiger partial charge in [0, 0.05) is 29.4 Å². The van der Waals surface area contributed by atoms with Gasteiger partial charge in [0.25, 0.3) is 0 Å². The molecule has 2 N–H and O–H groups in total. The Morgan fingerprint density at radius 2 is 2.00 bits per heavy atom. The van der Waals surface area contributed by atoms with E-state index in [4.69, 9.17) is 5.73 Å². The fraction of sp³-hybridized carbons (Fsp3) is 0.600. The molecule has 0 saturated carbocycles. The van der Waals surface area contributed by atoms with Crippen molar-refractivity contribution in [1.29, 1.82) is 0 Å². The smallest absolute Gasteiger partial charge is 0.214 e. The summed E-state index contributed by atoms with van der Waals surface area (Å²) in [6, 6.07) is 7.56. The lowest BCUT2D eigenvalue weighted by atomic mass is 9.90. The third-order valence-electron chi connectivity index (χ3n) is 4.21. The first-order valence-electron chi connectivity index (χ1n) is 7.35. The monoisotopic (exact) mass is 328 g/mol. The van der Waals surface area contributed by atoms with Gasteiger partial charge in [0.1, 0.15) is 0 Å². The molecule has 2 atom stereocenters. The minimum Gasteiger partial charge on any atom is -0.398 e. The number of nitrogen functional groups attached to an aromatic ring is 1. The number of benzene rings is 1. The minimum absolute atomic E-state index is 0.174. The van der Waals surface area contributed by atoms with Crippen LogP contribution in [0.5, 0.6) is 0 Å². The van der Waals surface area contributed by atoms with Crippen molar-refractivity contribution in [2.24, 2.45) is 11.8 Å². The fourth-order valence-corrected chi connectivity index (χ4v) is 5.38. The molecule has 0 bridgehead atoms. The highest BCUT2D eigenvalue weighted by Gasteiger charge is 2.30. The Morgan fingerprint density at radius 1 is 1.29 bits per heavy atom. The summed E-state index contributed by atoms with van der Waals surface area (Å²) in [5.41, 5.74) is 6.57. The Hall–Kier alpha value is -0.720. The van der Waals surface area contributed by atoms with Gasteiger partial charge in [-0.25, -0.2) is 12.7 Å². The van der Waals surface area contributed by atoms with Gasteiger partial charge in [0.2, 0.25) is 10.0 Å². The predicted octanol–water partition coefficient (Wildman–Crippen LogP) is 2.67. The van der Waals surface area contributed by atoms with E-state index in [0.717, 1.165) is 11.3 Å². The molecule has 1 heterocycles. The van der Waals surface area contributed by atoms with Crippen molar-refractivity contribution in [3.63, 3.8) is 0 Å². The summed E-state index contributed by atoms with van der Waals surface area (Å²) in [5, 5.41) is 0. The maximum atomic E-state index is 12.4. The van der Waals surface area contributed by atoms with Crippen molar-refractivity contribution >= 4 is 27.5 Å². The molecule has 1 fully saturated rings. The summed E-state index contributed by atoms with van der Waals surface area (Å²) < 4.78 is 26.4. The molecule has 0 aromatic heterocycles. The predicted molar refractivity (Wildman–Crippen MR) is 89.9 cm³/mol. The Kier molecular flexibility index (Phi) is 5.57. The van der Waals surface area contributed by atoms with Crippen LogP contribution in [0.15, 0.2) is 29.2 Å². The minimum atomic E-state index is -3.15. The second-order valence-corrected chi connectivity index (χ2v) is 9.03. The molecule has 1 aromatic rings. The lowest BCUT2D eigenvalue weighted by Gasteiger charge is -2.34. The quantitative estimate of drug-likeness (QED) is 0.667. The number of piperidine rings is 1. The molecule has 2 rings (SSSR count). The number of nitrogens with zero attached hydrogens (tertiary/aromatic N) is 1. The molecule has 1 aliphatic heterocycles. The highest BCUT2D eigenvalue weighted by atomic mass is 32.2. The number of nitrogens with two attached hydrogens (primary N) is 1. The van der Waals surface area contributed by atoms with Gasteiger partial charge >= 0.3 is 0 Å². The molecule has 6 heteroatoms. The molecular formula is C15H24N2O2S2. The standard InChI is InChI=1S/C15H24N2O2S2/c1-12-7-8-17(11-13(12)2)21(18,19)10-9-20-15-6-4-3-5-14(15)16/h3-6,12-13H,7-11,16H2,1-2H3. The molecule has 0 aliphatic carbocycles. The average molecular weight is 329 g/mol. The second kappa shape index (κ2) is 7.03. The van der Waals surface area contributed by atoms with E-state index in [-0.39, 0.29) is 5.75 Å². The largest absolute Gasteiger partial charge is 0.398 e. The first-order valence-corrected chi connectivity index (χ1v) is 9.95. The van der Waals surface area contributed by atoms with Crippen LogP contribution in [0.1, 0.15) is 20.3 Å². The number of hydrogen-bond donors (Lipinski definition) is 1. The summed E-state index contributed by atoms with van der Waals surface area (Å²) in [6.45, 7) is 5.64. The highest BCUT2D eigenvalue weighted by Crippen LogP contribution is 2.27. The van der Waals surface area contributed by atoms with Gasteiger partial charge in [-0.05, 0) is 30.4 Å². The van der Waals surface area contributed by atoms with Gasteiger partial charge in [-0.1, -0.05) is 26.0 Å². The average Bonchev–Trinajstić information content (AvgIpc) is 2.44. The van der Waals surface area contributed by atoms with Gasteiger partial charge in [0.05, 0.1) is 5.75 Å². The number of sulfonamides is 1. The molecule has 0 spiro atoms. The first-order chi connectivity index (χ1) is 9.90. The van der Waals surface area contributed by atoms with E-state index < -0.39 is 10.0 Å². The van der Waals surface area contributed by atoms with Crippen LogP contribution in [0.4, 0.5) is 5.69 Å². The molecule has 1 aliphatic rings. The number of thioether (sulfide) groups is 1. The van der Waals surface area contributed by atoms with E-state index in [9.17, 15) is 8.42 Å². The second-order valence-electron chi connectivity index (χ2n) is 5.80.